The fraction of sp³-hybridized carbons (Fsp3) is 0.381. The summed E-state index contributed by atoms with van der Waals surface area (Å²) in [5.74, 6) is 1.89. The highest BCUT2D eigenvalue weighted by Crippen LogP contribution is 2.22. The number of amides is 1. The first-order valence-corrected chi connectivity index (χ1v) is 9.59. The maximum Gasteiger partial charge on any atom is 0.227 e. The first-order chi connectivity index (χ1) is 13.5. The summed E-state index contributed by atoms with van der Waals surface area (Å²) < 4.78 is 2.09. The van der Waals surface area contributed by atoms with Crippen molar-refractivity contribution >= 4 is 28.4 Å². The van der Waals surface area contributed by atoms with Crippen molar-refractivity contribution in [3.8, 4) is 0 Å². The van der Waals surface area contributed by atoms with Crippen molar-refractivity contribution in [2.45, 2.75) is 6.42 Å². The summed E-state index contributed by atoms with van der Waals surface area (Å²) in [6.45, 7) is 2.97. The van der Waals surface area contributed by atoms with Gasteiger partial charge < -0.3 is 19.3 Å². The smallest absolute Gasteiger partial charge is 0.227 e. The van der Waals surface area contributed by atoms with Crippen molar-refractivity contribution < 1.29 is 4.79 Å². The second-order valence-corrected chi connectivity index (χ2v) is 7.47. The summed E-state index contributed by atoms with van der Waals surface area (Å²) in [4.78, 5) is 18.9. The molecule has 0 atom stereocenters. The molecule has 0 spiro atoms. The zero-order chi connectivity index (χ0) is 19.7. The lowest BCUT2D eigenvalue weighted by molar-refractivity contribution is -0.130. The van der Waals surface area contributed by atoms with Gasteiger partial charge in [0.05, 0.1) is 6.42 Å². The number of para-hydroxylation sites is 1. The van der Waals surface area contributed by atoms with Crippen molar-refractivity contribution in [2.75, 3.05) is 50.1 Å². The lowest BCUT2D eigenvalue weighted by Gasteiger charge is -2.35. The van der Waals surface area contributed by atoms with E-state index >= 15 is 0 Å². The van der Waals surface area contributed by atoms with E-state index in [0.29, 0.717) is 19.5 Å². The average Bonchev–Trinajstić information content (AvgIpc) is 3.04. The third kappa shape index (κ3) is 3.52. The van der Waals surface area contributed by atoms with Crippen molar-refractivity contribution in [3.63, 3.8) is 0 Å². The molecular formula is C21H26N6O. The van der Waals surface area contributed by atoms with Gasteiger partial charge in [-0.2, -0.15) is 0 Å². The molecule has 0 N–H and O–H groups in total. The molecule has 28 heavy (non-hydrogen) atoms. The standard InChI is InChI=1S/C21H26N6O/c1-24(2)19-8-9-20(23-22-19)26-10-12-27(13-11-26)21(28)14-16-15-25(3)18-7-5-4-6-17(16)18/h4-9,15H,10-14H2,1-3H3. The first kappa shape index (κ1) is 18.3. The quantitative estimate of drug-likeness (QED) is 0.694. The number of hydrogen-bond acceptors (Lipinski definition) is 5. The molecule has 7 heteroatoms. The number of nitrogens with zero attached hydrogens (tertiary/aromatic N) is 6. The molecule has 0 radical (unpaired) electrons. The van der Waals surface area contributed by atoms with Gasteiger partial charge in [-0.3, -0.25) is 4.79 Å². The number of rotatable bonds is 4. The van der Waals surface area contributed by atoms with Crippen molar-refractivity contribution in [3.05, 3.63) is 48.2 Å². The summed E-state index contributed by atoms with van der Waals surface area (Å²) in [6, 6.07) is 12.2. The van der Waals surface area contributed by atoms with E-state index in [0.717, 1.165) is 41.2 Å². The van der Waals surface area contributed by atoms with Gasteiger partial charge in [0.1, 0.15) is 0 Å². The molecule has 0 bridgehead atoms. The van der Waals surface area contributed by atoms with Crippen LogP contribution in [0.5, 0.6) is 0 Å². The molecule has 1 aliphatic rings. The molecule has 1 saturated heterocycles. The number of hydrogen-bond donors (Lipinski definition) is 0. The van der Waals surface area contributed by atoms with Crippen molar-refractivity contribution in [1.29, 1.82) is 0 Å². The van der Waals surface area contributed by atoms with Gasteiger partial charge >= 0.3 is 0 Å². The molecule has 3 aromatic rings. The van der Waals surface area contributed by atoms with Gasteiger partial charge in [0.2, 0.25) is 5.91 Å². The highest BCUT2D eigenvalue weighted by Gasteiger charge is 2.23. The van der Waals surface area contributed by atoms with Crippen LogP contribution >= 0.6 is 0 Å². The van der Waals surface area contributed by atoms with E-state index in [2.05, 4.69) is 38.0 Å². The highest BCUT2D eigenvalue weighted by molar-refractivity contribution is 5.89. The Morgan fingerprint density at radius 3 is 2.46 bits per heavy atom. The van der Waals surface area contributed by atoms with Crippen molar-refractivity contribution in [2.24, 2.45) is 7.05 Å². The summed E-state index contributed by atoms with van der Waals surface area (Å²) in [6.07, 6.45) is 2.51. The minimum Gasteiger partial charge on any atom is -0.361 e. The minimum atomic E-state index is 0.185. The average molecular weight is 378 g/mol. The predicted molar refractivity (Wildman–Crippen MR) is 112 cm³/mol. The monoisotopic (exact) mass is 378 g/mol. The number of fused-ring (bicyclic) bond motifs is 1. The zero-order valence-electron chi connectivity index (χ0n) is 16.7. The number of aromatic nitrogens is 3. The number of carbonyl (C=O) groups is 1. The van der Waals surface area contributed by atoms with Crippen LogP contribution in [-0.2, 0) is 18.3 Å². The second-order valence-electron chi connectivity index (χ2n) is 7.47. The van der Waals surface area contributed by atoms with Crippen molar-refractivity contribution in [1.82, 2.24) is 19.7 Å². The first-order valence-electron chi connectivity index (χ1n) is 9.59. The molecule has 2 aromatic heterocycles. The molecule has 1 aliphatic heterocycles. The Balaban J connectivity index is 1.38. The van der Waals surface area contributed by atoms with Gasteiger partial charge in [-0.05, 0) is 23.8 Å². The molecule has 1 aromatic carbocycles. The van der Waals surface area contributed by atoms with E-state index < -0.39 is 0 Å². The van der Waals surface area contributed by atoms with E-state index in [9.17, 15) is 4.79 Å². The van der Waals surface area contributed by atoms with Crippen LogP contribution in [0.1, 0.15) is 5.56 Å². The molecular weight excluding hydrogens is 352 g/mol. The van der Waals surface area contributed by atoms with Crippen LogP contribution in [0.25, 0.3) is 10.9 Å². The lowest BCUT2D eigenvalue weighted by atomic mass is 10.1. The molecule has 0 saturated carbocycles. The molecule has 3 heterocycles. The number of benzene rings is 1. The molecule has 146 valence electrons. The van der Waals surface area contributed by atoms with Gasteiger partial charge in [0, 0.05) is 64.4 Å². The predicted octanol–water partition coefficient (Wildman–Crippen LogP) is 1.93. The number of aryl methyl sites for hydroxylation is 1. The molecule has 4 rings (SSSR count). The van der Waals surface area contributed by atoms with E-state index in [1.165, 1.54) is 0 Å². The fourth-order valence-electron chi connectivity index (χ4n) is 3.75. The molecule has 1 amide bonds. The third-order valence-electron chi connectivity index (χ3n) is 5.37. The number of anilines is 2. The fourth-order valence-corrected chi connectivity index (χ4v) is 3.75. The zero-order valence-corrected chi connectivity index (χ0v) is 16.7. The Morgan fingerprint density at radius 1 is 1.04 bits per heavy atom. The van der Waals surface area contributed by atoms with E-state index in [1.54, 1.807) is 0 Å². The van der Waals surface area contributed by atoms with Gasteiger partial charge in [0.15, 0.2) is 11.6 Å². The number of carbonyl (C=O) groups excluding carboxylic acids is 1. The molecule has 7 nitrogen and oxygen atoms in total. The summed E-state index contributed by atoms with van der Waals surface area (Å²) in [5, 5.41) is 9.73. The van der Waals surface area contributed by atoms with Crippen LogP contribution in [0.4, 0.5) is 11.6 Å². The van der Waals surface area contributed by atoms with Crippen LogP contribution in [-0.4, -0.2) is 65.8 Å². The Bertz CT molecular complexity index is 970. The van der Waals surface area contributed by atoms with Gasteiger partial charge in [0.25, 0.3) is 0 Å². The summed E-state index contributed by atoms with van der Waals surface area (Å²) in [7, 11) is 5.92. The maximum atomic E-state index is 12.8. The van der Waals surface area contributed by atoms with Gasteiger partial charge in [-0.15, -0.1) is 10.2 Å². The normalized spacial score (nSPS) is 14.5. The third-order valence-corrected chi connectivity index (χ3v) is 5.37. The van der Waals surface area contributed by atoms with E-state index in [4.69, 9.17) is 0 Å². The van der Waals surface area contributed by atoms with Crippen LogP contribution in [0.3, 0.4) is 0 Å². The largest absolute Gasteiger partial charge is 0.361 e. The molecule has 0 unspecified atom stereocenters. The van der Waals surface area contributed by atoms with Crippen LogP contribution in [0.2, 0.25) is 0 Å². The Hall–Kier alpha value is -3.09. The summed E-state index contributed by atoms with van der Waals surface area (Å²) in [5.41, 5.74) is 2.26. The minimum absolute atomic E-state index is 0.185. The Kier molecular flexibility index (Phi) is 4.90. The molecule has 0 aliphatic carbocycles. The highest BCUT2D eigenvalue weighted by atomic mass is 16.2. The molecule has 1 fully saturated rings. The number of piperazine rings is 1. The van der Waals surface area contributed by atoms with Gasteiger partial charge in [-0.1, -0.05) is 18.2 Å². The van der Waals surface area contributed by atoms with Crippen LogP contribution in [0, 0.1) is 0 Å². The van der Waals surface area contributed by atoms with E-state index in [1.807, 2.05) is 55.2 Å². The van der Waals surface area contributed by atoms with Crippen LogP contribution < -0.4 is 9.80 Å². The Morgan fingerprint density at radius 2 is 1.79 bits per heavy atom. The SMILES string of the molecule is CN(C)c1ccc(N2CCN(C(=O)Cc3cn(C)c4ccccc34)CC2)nn1. The maximum absolute atomic E-state index is 12.8. The van der Waals surface area contributed by atoms with E-state index in [-0.39, 0.29) is 5.91 Å². The second kappa shape index (κ2) is 7.50. The van der Waals surface area contributed by atoms with Crippen LogP contribution in [0.15, 0.2) is 42.6 Å². The lowest BCUT2D eigenvalue weighted by Crippen LogP contribution is -2.49. The topological polar surface area (TPSA) is 57.5 Å². The van der Waals surface area contributed by atoms with Gasteiger partial charge in [-0.25, -0.2) is 0 Å². The Labute approximate surface area is 165 Å². The summed E-state index contributed by atoms with van der Waals surface area (Å²) >= 11 is 0.